The van der Waals surface area contributed by atoms with Gasteiger partial charge < -0.3 is 14.8 Å². The maximum Gasteiger partial charge on any atom is 0.338 e. The molecule has 3 aromatic rings. The van der Waals surface area contributed by atoms with E-state index in [4.69, 9.17) is 9.47 Å². The molecular weight excluding hydrogens is 558 g/mol. The van der Waals surface area contributed by atoms with Gasteiger partial charge in [0.25, 0.3) is 11.5 Å². The molecule has 2 aliphatic heterocycles. The Bertz CT molecular complexity index is 1700. The number of nitrogens with zero attached hydrogens (tertiary/aromatic N) is 2. The first kappa shape index (κ1) is 25.2. The molecule has 0 bridgehead atoms. The summed E-state index contributed by atoms with van der Waals surface area (Å²) in [6, 6.07) is 10.1. The average molecular weight is 582 g/mol. The largest absolute Gasteiger partial charge is 0.496 e. The number of esters is 1. The standard InChI is InChI=1S/C27H24BrN3O5S/c1-12(2)36-26(34)20-14(4)29-27-31(22(20)17-11-15(28)7-9-19(17)35-5)25(33)23(37-27)21-16-10-13(3)6-8-18(16)30-24(21)32/h6-12,22H,1-5H3,(H,30,32)/b23-21+/t22-/m1/s1. The Labute approximate surface area is 225 Å². The molecule has 0 saturated heterocycles. The molecule has 8 nitrogen and oxygen atoms in total. The van der Waals surface area contributed by atoms with Gasteiger partial charge in [-0.3, -0.25) is 14.2 Å². The number of aromatic nitrogens is 1. The van der Waals surface area contributed by atoms with Crippen LogP contribution in [-0.2, 0) is 14.3 Å². The van der Waals surface area contributed by atoms with Gasteiger partial charge in [0.05, 0.1) is 30.1 Å². The highest BCUT2D eigenvalue weighted by Crippen LogP contribution is 2.38. The number of rotatable bonds is 4. The van der Waals surface area contributed by atoms with Crippen LogP contribution in [0.3, 0.4) is 0 Å². The zero-order valence-corrected chi connectivity index (χ0v) is 23.2. The lowest BCUT2D eigenvalue weighted by Gasteiger charge is -2.26. The van der Waals surface area contributed by atoms with Crippen molar-refractivity contribution >= 4 is 50.4 Å². The predicted octanol–water partition coefficient (Wildman–Crippen LogP) is 3.59. The number of nitrogens with one attached hydrogen (secondary N) is 1. The molecule has 1 aromatic heterocycles. The monoisotopic (exact) mass is 581 g/mol. The topological polar surface area (TPSA) is 99.0 Å². The summed E-state index contributed by atoms with van der Waals surface area (Å²) in [6.07, 6.45) is -0.369. The van der Waals surface area contributed by atoms with Crippen molar-refractivity contribution in [3.63, 3.8) is 0 Å². The molecule has 0 spiro atoms. The van der Waals surface area contributed by atoms with Crippen LogP contribution in [0.15, 0.2) is 61.9 Å². The van der Waals surface area contributed by atoms with E-state index in [1.165, 1.54) is 11.7 Å². The van der Waals surface area contributed by atoms with Crippen LogP contribution < -0.4 is 24.9 Å². The number of aryl methyl sites for hydroxylation is 1. The van der Waals surface area contributed by atoms with Crippen molar-refractivity contribution in [3.8, 4) is 5.75 Å². The SMILES string of the molecule is COc1ccc(Br)cc1[C@@H]1C(C(=O)OC(C)C)=C(C)N=c2s/c(=C3/C(=O)Nc4ccc(C)cc43)c(=O)n21. The lowest BCUT2D eigenvalue weighted by molar-refractivity contribution is -0.143. The van der Waals surface area contributed by atoms with Crippen LogP contribution in [0.4, 0.5) is 5.69 Å². The first-order valence-corrected chi connectivity index (χ1v) is 13.2. The molecule has 2 aliphatic rings. The van der Waals surface area contributed by atoms with Crippen LogP contribution in [0, 0.1) is 6.92 Å². The van der Waals surface area contributed by atoms with Crippen LogP contribution in [0.1, 0.15) is 43.5 Å². The highest BCUT2D eigenvalue weighted by atomic mass is 79.9. The summed E-state index contributed by atoms with van der Waals surface area (Å²) in [6.45, 7) is 7.17. The lowest BCUT2D eigenvalue weighted by Crippen LogP contribution is -2.41. The summed E-state index contributed by atoms with van der Waals surface area (Å²) in [5, 5.41) is 2.85. The summed E-state index contributed by atoms with van der Waals surface area (Å²) in [5.74, 6) is -0.422. The van der Waals surface area contributed by atoms with Crippen molar-refractivity contribution in [1.29, 1.82) is 0 Å². The first-order chi connectivity index (χ1) is 17.6. The number of halogens is 1. The average Bonchev–Trinajstić information content (AvgIpc) is 3.32. The van der Waals surface area contributed by atoms with Crippen molar-refractivity contribution in [2.45, 2.75) is 39.8 Å². The summed E-state index contributed by atoms with van der Waals surface area (Å²) in [7, 11) is 1.53. The van der Waals surface area contributed by atoms with Crippen molar-refractivity contribution in [3.05, 3.63) is 88.5 Å². The number of carbonyl (C=O) groups is 2. The number of fused-ring (bicyclic) bond motifs is 2. The van der Waals surface area contributed by atoms with Crippen LogP contribution >= 0.6 is 27.3 Å². The maximum atomic E-state index is 14.1. The minimum Gasteiger partial charge on any atom is -0.496 e. The van der Waals surface area contributed by atoms with Gasteiger partial charge in [0.15, 0.2) is 4.80 Å². The third kappa shape index (κ3) is 4.23. The smallest absolute Gasteiger partial charge is 0.338 e. The minimum absolute atomic E-state index is 0.237. The number of methoxy groups -OCH3 is 1. The highest BCUT2D eigenvalue weighted by Gasteiger charge is 2.37. The molecule has 10 heteroatoms. The van der Waals surface area contributed by atoms with Gasteiger partial charge in [-0.05, 0) is 58.0 Å². The molecule has 1 N–H and O–H groups in total. The Kier molecular flexibility index (Phi) is 6.41. The molecule has 0 saturated carbocycles. The number of hydrogen-bond donors (Lipinski definition) is 1. The third-order valence-corrected chi connectivity index (χ3v) is 7.74. The lowest BCUT2D eigenvalue weighted by atomic mass is 9.95. The van der Waals surface area contributed by atoms with Gasteiger partial charge in [0, 0.05) is 21.3 Å². The summed E-state index contributed by atoms with van der Waals surface area (Å²) in [4.78, 5) is 45.5. The van der Waals surface area contributed by atoms with E-state index >= 15 is 0 Å². The zero-order chi connectivity index (χ0) is 26.6. The normalized spacial score (nSPS) is 17.8. The van der Waals surface area contributed by atoms with Gasteiger partial charge in [0.2, 0.25) is 0 Å². The Morgan fingerprint density at radius 3 is 2.62 bits per heavy atom. The second-order valence-electron chi connectivity index (χ2n) is 9.12. The molecule has 0 radical (unpaired) electrons. The van der Waals surface area contributed by atoms with E-state index in [-0.39, 0.29) is 22.1 Å². The fourth-order valence-corrected chi connectivity index (χ4v) is 6.15. The molecule has 190 valence electrons. The van der Waals surface area contributed by atoms with Gasteiger partial charge in [-0.1, -0.05) is 38.9 Å². The van der Waals surface area contributed by atoms with Crippen LogP contribution in [0.25, 0.3) is 5.57 Å². The maximum absolute atomic E-state index is 14.1. The predicted molar refractivity (Wildman–Crippen MR) is 144 cm³/mol. The number of hydrogen-bond acceptors (Lipinski definition) is 7. The Morgan fingerprint density at radius 2 is 1.92 bits per heavy atom. The summed E-state index contributed by atoms with van der Waals surface area (Å²) >= 11 is 4.63. The summed E-state index contributed by atoms with van der Waals surface area (Å²) in [5.41, 5.74) is 3.43. The molecule has 5 rings (SSSR count). The molecule has 0 aliphatic carbocycles. The number of ether oxygens (including phenoxy) is 2. The van der Waals surface area contributed by atoms with E-state index in [1.807, 2.05) is 37.3 Å². The fraction of sp³-hybridized carbons (Fsp3) is 0.259. The van der Waals surface area contributed by atoms with E-state index in [0.717, 1.165) is 21.4 Å². The number of thiazole rings is 1. The van der Waals surface area contributed by atoms with Crippen molar-refractivity contribution in [2.24, 2.45) is 4.99 Å². The Balaban J connectivity index is 1.85. The third-order valence-electron chi connectivity index (χ3n) is 6.19. The van der Waals surface area contributed by atoms with E-state index in [9.17, 15) is 14.4 Å². The molecular formula is C27H24BrN3O5S. The van der Waals surface area contributed by atoms with Gasteiger partial charge >= 0.3 is 5.97 Å². The Morgan fingerprint density at radius 1 is 1.16 bits per heavy atom. The molecule has 3 heterocycles. The van der Waals surface area contributed by atoms with Crippen molar-refractivity contribution < 1.29 is 19.1 Å². The van der Waals surface area contributed by atoms with Crippen molar-refractivity contribution in [1.82, 2.24) is 4.57 Å². The van der Waals surface area contributed by atoms with E-state index in [2.05, 4.69) is 26.2 Å². The van der Waals surface area contributed by atoms with Crippen LogP contribution in [0.2, 0.25) is 0 Å². The van der Waals surface area contributed by atoms with Gasteiger partial charge in [0.1, 0.15) is 16.3 Å². The second-order valence-corrected chi connectivity index (χ2v) is 11.0. The minimum atomic E-state index is -0.870. The van der Waals surface area contributed by atoms with E-state index < -0.39 is 17.6 Å². The fourth-order valence-electron chi connectivity index (χ4n) is 4.63. The number of anilines is 1. The van der Waals surface area contributed by atoms with Gasteiger partial charge in [-0.2, -0.15) is 0 Å². The zero-order valence-electron chi connectivity index (χ0n) is 20.8. The molecule has 1 atom stereocenters. The molecule has 37 heavy (non-hydrogen) atoms. The first-order valence-electron chi connectivity index (χ1n) is 11.6. The number of amides is 1. The highest BCUT2D eigenvalue weighted by molar-refractivity contribution is 9.10. The summed E-state index contributed by atoms with van der Waals surface area (Å²) < 4.78 is 13.7. The van der Waals surface area contributed by atoms with Crippen LogP contribution in [0.5, 0.6) is 5.75 Å². The number of benzene rings is 2. The quantitative estimate of drug-likeness (QED) is 0.475. The molecule has 0 fully saturated rings. The van der Waals surface area contributed by atoms with E-state index in [1.54, 1.807) is 26.8 Å². The van der Waals surface area contributed by atoms with Crippen molar-refractivity contribution in [2.75, 3.05) is 12.4 Å². The Hall–Kier alpha value is -3.50. The van der Waals surface area contributed by atoms with E-state index in [0.29, 0.717) is 38.6 Å². The molecule has 2 aromatic carbocycles. The number of carbonyl (C=O) groups excluding carboxylic acids is 2. The van der Waals surface area contributed by atoms with Gasteiger partial charge in [-0.15, -0.1) is 0 Å². The molecule has 1 amide bonds. The number of allylic oxidation sites excluding steroid dienone is 1. The van der Waals surface area contributed by atoms with Crippen LogP contribution in [-0.4, -0.2) is 29.7 Å². The second kappa shape index (κ2) is 9.42. The van der Waals surface area contributed by atoms with Gasteiger partial charge in [-0.25, -0.2) is 9.79 Å². The molecule has 0 unspecified atom stereocenters.